The van der Waals surface area contributed by atoms with Crippen LogP contribution < -0.4 is 5.73 Å². The molecular formula is C10H13N3. The number of nitrogens with two attached hydrogens (primary N) is 1. The molecule has 0 amide bonds. The molecule has 3 heteroatoms. The molecule has 0 aliphatic carbocycles. The fraction of sp³-hybridized carbons (Fsp3) is 0.200. The smallest absolute Gasteiger partial charge is 0.161 e. The lowest BCUT2D eigenvalue weighted by molar-refractivity contribution is 1.16. The molecule has 13 heavy (non-hydrogen) atoms. The van der Waals surface area contributed by atoms with E-state index in [1.165, 1.54) is 5.56 Å². The number of hydrogen-bond donors (Lipinski definition) is 1. The third-order valence-corrected chi connectivity index (χ3v) is 2.14. The van der Waals surface area contributed by atoms with Crippen LogP contribution in [0.3, 0.4) is 0 Å². The van der Waals surface area contributed by atoms with Crippen molar-refractivity contribution in [1.29, 1.82) is 0 Å². The number of nitrogens with zero attached hydrogens (tertiary/aromatic N) is 2. The Hall–Kier alpha value is -1.64. The average molecular weight is 175 g/mol. The summed E-state index contributed by atoms with van der Waals surface area (Å²) in [5.74, 6) is 0.517. The fourth-order valence-electron chi connectivity index (χ4n) is 1.26. The number of rotatable bonds is 0. The van der Waals surface area contributed by atoms with Gasteiger partial charge in [0.25, 0.3) is 0 Å². The Bertz CT molecular complexity index is 468. The molecule has 3 nitrogen and oxygen atoms in total. The highest BCUT2D eigenvalue weighted by Crippen LogP contribution is 2.15. The Labute approximate surface area is 78.1 Å². The van der Waals surface area contributed by atoms with Gasteiger partial charge in [-0.15, -0.1) is 0 Å². The van der Waals surface area contributed by atoms with Gasteiger partial charge < -0.3 is 5.73 Å². The van der Waals surface area contributed by atoms with E-state index < -0.39 is 0 Å². The Morgan fingerprint density at radius 1 is 1.23 bits per heavy atom. The summed E-state index contributed by atoms with van der Waals surface area (Å²) in [6.07, 6.45) is 0. The molecule has 2 aromatic heterocycles. The molecule has 0 aliphatic rings. The number of nitrogen functional groups attached to an aromatic ring is 1. The van der Waals surface area contributed by atoms with Crippen LogP contribution >= 0.6 is 0 Å². The van der Waals surface area contributed by atoms with E-state index in [0.717, 1.165) is 16.7 Å². The van der Waals surface area contributed by atoms with Gasteiger partial charge in [0, 0.05) is 12.5 Å². The summed E-state index contributed by atoms with van der Waals surface area (Å²) in [6.45, 7) is 4.01. The number of aryl methyl sites for hydroxylation is 2. The summed E-state index contributed by atoms with van der Waals surface area (Å²) in [6, 6.07) is 5.81. The summed E-state index contributed by atoms with van der Waals surface area (Å²) in [5.41, 5.74) is 8.47. The quantitative estimate of drug-likeness (QED) is 0.666. The van der Waals surface area contributed by atoms with Crippen molar-refractivity contribution in [1.82, 2.24) is 9.97 Å². The van der Waals surface area contributed by atoms with Crippen molar-refractivity contribution in [3.63, 3.8) is 0 Å². The number of anilines is 1. The monoisotopic (exact) mass is 175 g/mol. The van der Waals surface area contributed by atoms with E-state index in [1.807, 2.05) is 19.9 Å². The van der Waals surface area contributed by atoms with Crippen LogP contribution in [-0.4, -0.2) is 9.97 Å². The van der Waals surface area contributed by atoms with Crippen LogP contribution in [0.1, 0.15) is 12.7 Å². The molecule has 0 fully saturated rings. The van der Waals surface area contributed by atoms with Crippen molar-refractivity contribution in [3.05, 3.63) is 29.5 Å². The molecule has 2 rings (SSSR count). The molecule has 0 bridgehead atoms. The Kier molecular flexibility index (Phi) is 1.65. The van der Waals surface area contributed by atoms with E-state index in [-0.39, 0.29) is 1.43 Å². The second-order valence-electron chi connectivity index (χ2n) is 3.17. The molecule has 0 saturated carbocycles. The maximum Gasteiger partial charge on any atom is 0.161 e. The zero-order valence-electron chi connectivity index (χ0n) is 7.70. The first-order chi connectivity index (χ1) is 6.16. The molecular weight excluding hydrogens is 162 g/mol. The number of aromatic nitrogens is 2. The van der Waals surface area contributed by atoms with Crippen molar-refractivity contribution in [2.45, 2.75) is 13.8 Å². The highest BCUT2D eigenvalue weighted by Gasteiger charge is 2.00. The number of pyridine rings is 2. The van der Waals surface area contributed by atoms with E-state index in [0.29, 0.717) is 5.82 Å². The zero-order chi connectivity index (χ0) is 9.42. The highest BCUT2D eigenvalue weighted by atomic mass is 14.9. The summed E-state index contributed by atoms with van der Waals surface area (Å²) < 4.78 is 0. The van der Waals surface area contributed by atoms with Crippen LogP contribution in [0.2, 0.25) is 0 Å². The summed E-state index contributed by atoms with van der Waals surface area (Å²) in [7, 11) is 0. The van der Waals surface area contributed by atoms with Crippen LogP contribution in [-0.2, 0) is 0 Å². The predicted octanol–water partition coefficient (Wildman–Crippen LogP) is 2.07. The van der Waals surface area contributed by atoms with Crippen molar-refractivity contribution >= 4 is 16.9 Å². The van der Waals surface area contributed by atoms with Gasteiger partial charge in [0.2, 0.25) is 0 Å². The molecule has 0 saturated heterocycles. The van der Waals surface area contributed by atoms with E-state index in [2.05, 4.69) is 16.0 Å². The summed E-state index contributed by atoms with van der Waals surface area (Å²) >= 11 is 0. The van der Waals surface area contributed by atoms with Crippen LogP contribution in [0.5, 0.6) is 0 Å². The summed E-state index contributed by atoms with van der Waals surface area (Å²) in [5, 5.41) is 1.04. The Morgan fingerprint density at radius 2 is 2.00 bits per heavy atom. The summed E-state index contributed by atoms with van der Waals surface area (Å²) in [4.78, 5) is 8.49. The maximum atomic E-state index is 5.56. The van der Waals surface area contributed by atoms with Gasteiger partial charge in [0.05, 0.1) is 0 Å². The zero-order valence-corrected chi connectivity index (χ0v) is 7.70. The van der Waals surface area contributed by atoms with Crippen molar-refractivity contribution < 1.29 is 1.43 Å². The van der Waals surface area contributed by atoms with Crippen LogP contribution in [0, 0.1) is 13.8 Å². The van der Waals surface area contributed by atoms with Crippen LogP contribution in [0.25, 0.3) is 11.0 Å². The van der Waals surface area contributed by atoms with Crippen molar-refractivity contribution in [3.8, 4) is 0 Å². The predicted molar refractivity (Wildman–Crippen MR) is 55.5 cm³/mol. The lowest BCUT2D eigenvalue weighted by atomic mass is 10.2. The normalized spacial score (nSPS) is 10.6. The van der Waals surface area contributed by atoms with Gasteiger partial charge >= 0.3 is 0 Å². The van der Waals surface area contributed by atoms with Gasteiger partial charge in [-0.3, -0.25) is 0 Å². The number of fused-ring (bicyclic) bond motifs is 1. The SMILES string of the molecule is Cc1cc2ccc(N)nc2nc1C.[HH]. The van der Waals surface area contributed by atoms with E-state index in [1.54, 1.807) is 6.07 Å². The first kappa shape index (κ1) is 7.98. The molecule has 68 valence electrons. The molecule has 2 aromatic rings. The molecule has 2 heterocycles. The molecule has 0 unspecified atom stereocenters. The van der Waals surface area contributed by atoms with Crippen LogP contribution in [0.4, 0.5) is 5.82 Å². The first-order valence-electron chi connectivity index (χ1n) is 4.17. The minimum atomic E-state index is 0. The van der Waals surface area contributed by atoms with Gasteiger partial charge in [-0.25, -0.2) is 9.97 Å². The minimum Gasteiger partial charge on any atom is -0.384 e. The molecule has 2 N–H and O–H groups in total. The molecule has 0 atom stereocenters. The number of hydrogen-bond acceptors (Lipinski definition) is 3. The van der Waals surface area contributed by atoms with Gasteiger partial charge in [-0.05, 0) is 37.6 Å². The molecule has 0 aliphatic heterocycles. The van der Waals surface area contributed by atoms with Gasteiger partial charge in [0.15, 0.2) is 5.65 Å². The molecule has 0 aromatic carbocycles. The third kappa shape index (κ3) is 1.33. The third-order valence-electron chi connectivity index (χ3n) is 2.14. The van der Waals surface area contributed by atoms with Gasteiger partial charge in [-0.2, -0.15) is 0 Å². The molecule has 0 radical (unpaired) electrons. The topological polar surface area (TPSA) is 51.8 Å². The van der Waals surface area contributed by atoms with Crippen molar-refractivity contribution in [2.75, 3.05) is 5.73 Å². The second-order valence-corrected chi connectivity index (χ2v) is 3.17. The Balaban J connectivity index is 0.000000980. The second kappa shape index (κ2) is 2.69. The van der Waals surface area contributed by atoms with Crippen LogP contribution in [0.15, 0.2) is 18.2 Å². The standard InChI is InChI=1S/C10H11N3.H2/c1-6-5-8-3-4-9(11)13-10(8)12-7(6)2;/h3-5H,1-2H3,(H2,11,12,13);1H. The lowest BCUT2D eigenvalue weighted by Crippen LogP contribution is -1.94. The highest BCUT2D eigenvalue weighted by molar-refractivity contribution is 5.77. The fourth-order valence-corrected chi connectivity index (χ4v) is 1.26. The van der Waals surface area contributed by atoms with Crippen molar-refractivity contribution in [2.24, 2.45) is 0 Å². The van der Waals surface area contributed by atoms with Gasteiger partial charge in [-0.1, -0.05) is 0 Å². The lowest BCUT2D eigenvalue weighted by Gasteiger charge is -2.02. The van der Waals surface area contributed by atoms with Gasteiger partial charge in [0.1, 0.15) is 5.82 Å². The Morgan fingerprint density at radius 3 is 2.77 bits per heavy atom. The minimum absolute atomic E-state index is 0. The molecule has 0 spiro atoms. The maximum absolute atomic E-state index is 5.56. The largest absolute Gasteiger partial charge is 0.384 e. The average Bonchev–Trinajstić information content (AvgIpc) is 2.08. The van der Waals surface area contributed by atoms with E-state index in [9.17, 15) is 0 Å². The van der Waals surface area contributed by atoms with E-state index in [4.69, 9.17) is 5.73 Å². The first-order valence-corrected chi connectivity index (χ1v) is 4.17. The van der Waals surface area contributed by atoms with E-state index >= 15 is 0 Å².